The van der Waals surface area contributed by atoms with E-state index in [9.17, 15) is 0 Å². The Hall–Kier alpha value is -2.91. The average Bonchev–Trinajstić information content (AvgIpc) is 3.14. The second-order valence-corrected chi connectivity index (χ2v) is 6.55. The number of benzene rings is 2. The molecule has 2 heterocycles. The van der Waals surface area contributed by atoms with Gasteiger partial charge in [-0.15, -0.1) is 11.3 Å². The van der Waals surface area contributed by atoms with Gasteiger partial charge in [-0.3, -0.25) is 4.98 Å². The third-order valence-corrected chi connectivity index (χ3v) is 4.99. The first-order valence-corrected chi connectivity index (χ1v) is 8.63. The van der Waals surface area contributed by atoms with Crippen LogP contribution in [0.15, 0.2) is 91.3 Å². The summed E-state index contributed by atoms with van der Waals surface area (Å²) in [4.78, 5) is 6.61. The van der Waals surface area contributed by atoms with Gasteiger partial charge in [-0.1, -0.05) is 42.5 Å². The minimum absolute atomic E-state index is 1.04. The summed E-state index contributed by atoms with van der Waals surface area (Å²) >= 11 is 1.82. The Labute approximate surface area is 145 Å². The highest BCUT2D eigenvalue weighted by molar-refractivity contribution is 7.18. The van der Waals surface area contributed by atoms with Crippen LogP contribution in [-0.4, -0.2) is 4.98 Å². The van der Waals surface area contributed by atoms with E-state index in [4.69, 9.17) is 0 Å². The Bertz CT molecular complexity index is 913. The highest BCUT2D eigenvalue weighted by atomic mass is 32.1. The van der Waals surface area contributed by atoms with Gasteiger partial charge in [0, 0.05) is 33.5 Å². The molecule has 2 nitrogen and oxygen atoms in total. The predicted octanol–water partition coefficient (Wildman–Crippen LogP) is 6.22. The van der Waals surface area contributed by atoms with E-state index in [1.54, 1.807) is 12.4 Å². The molecule has 0 saturated carbocycles. The molecule has 1 N–H and O–H groups in total. The molecule has 4 aromatic rings. The van der Waals surface area contributed by atoms with E-state index in [2.05, 4.69) is 71.0 Å². The molecule has 2 aromatic heterocycles. The lowest BCUT2D eigenvalue weighted by Gasteiger charge is -2.06. The predicted molar refractivity (Wildman–Crippen MR) is 103 cm³/mol. The Morgan fingerprint density at radius 2 is 1.17 bits per heavy atom. The van der Waals surface area contributed by atoms with Gasteiger partial charge in [0.15, 0.2) is 0 Å². The minimum Gasteiger partial charge on any atom is -0.355 e. The molecule has 2 aromatic carbocycles. The second kappa shape index (κ2) is 6.69. The first-order valence-electron chi connectivity index (χ1n) is 7.81. The van der Waals surface area contributed by atoms with E-state index in [1.807, 2.05) is 29.5 Å². The van der Waals surface area contributed by atoms with Crippen molar-refractivity contribution in [2.24, 2.45) is 0 Å². The SMILES string of the molecule is c1ccc(-c2ccc(-c3ccc(Nc4ccncc4)cc3)s2)cc1. The van der Waals surface area contributed by atoms with Crippen LogP contribution in [0.4, 0.5) is 11.4 Å². The van der Waals surface area contributed by atoms with Crippen LogP contribution in [0.25, 0.3) is 20.9 Å². The molecule has 0 aliphatic carbocycles. The van der Waals surface area contributed by atoms with Crippen molar-refractivity contribution in [1.29, 1.82) is 0 Å². The molecule has 0 aliphatic rings. The van der Waals surface area contributed by atoms with Gasteiger partial charge < -0.3 is 5.32 Å². The molecule has 0 bridgehead atoms. The van der Waals surface area contributed by atoms with Crippen LogP contribution in [0.1, 0.15) is 0 Å². The summed E-state index contributed by atoms with van der Waals surface area (Å²) in [5.41, 5.74) is 4.62. The Kier molecular flexibility index (Phi) is 4.09. The van der Waals surface area contributed by atoms with Crippen LogP contribution in [0.2, 0.25) is 0 Å². The van der Waals surface area contributed by atoms with Gasteiger partial charge in [0.1, 0.15) is 0 Å². The molecular weight excluding hydrogens is 312 g/mol. The molecule has 4 rings (SSSR count). The number of nitrogens with zero attached hydrogens (tertiary/aromatic N) is 1. The van der Waals surface area contributed by atoms with Gasteiger partial charge in [-0.05, 0) is 47.5 Å². The zero-order valence-electron chi connectivity index (χ0n) is 13.0. The minimum atomic E-state index is 1.04. The summed E-state index contributed by atoms with van der Waals surface area (Å²) < 4.78 is 0. The monoisotopic (exact) mass is 328 g/mol. The summed E-state index contributed by atoms with van der Waals surface area (Å²) in [6.07, 6.45) is 3.57. The lowest BCUT2D eigenvalue weighted by atomic mass is 10.1. The number of rotatable bonds is 4. The van der Waals surface area contributed by atoms with E-state index >= 15 is 0 Å². The lowest BCUT2D eigenvalue weighted by Crippen LogP contribution is -1.89. The fourth-order valence-electron chi connectivity index (χ4n) is 2.57. The highest BCUT2D eigenvalue weighted by Crippen LogP contribution is 2.34. The lowest BCUT2D eigenvalue weighted by molar-refractivity contribution is 1.32. The van der Waals surface area contributed by atoms with Gasteiger partial charge in [-0.2, -0.15) is 0 Å². The number of hydrogen-bond donors (Lipinski definition) is 1. The van der Waals surface area contributed by atoms with Gasteiger partial charge in [-0.25, -0.2) is 0 Å². The largest absolute Gasteiger partial charge is 0.355 e. The molecule has 24 heavy (non-hydrogen) atoms. The van der Waals surface area contributed by atoms with E-state index in [0.717, 1.165) is 11.4 Å². The third kappa shape index (κ3) is 3.21. The van der Waals surface area contributed by atoms with Crippen molar-refractivity contribution in [2.45, 2.75) is 0 Å². The number of anilines is 2. The maximum atomic E-state index is 4.03. The van der Waals surface area contributed by atoms with Crippen molar-refractivity contribution in [3.8, 4) is 20.9 Å². The molecule has 116 valence electrons. The van der Waals surface area contributed by atoms with Crippen molar-refractivity contribution in [3.05, 3.63) is 91.3 Å². The van der Waals surface area contributed by atoms with Crippen LogP contribution in [0.5, 0.6) is 0 Å². The van der Waals surface area contributed by atoms with Crippen molar-refractivity contribution in [3.63, 3.8) is 0 Å². The standard InChI is InChI=1S/C21H16N2S/c1-2-4-16(5-3-1)20-10-11-21(24-20)17-6-8-18(9-7-17)23-19-12-14-22-15-13-19/h1-15H,(H,22,23). The normalized spacial score (nSPS) is 10.5. The molecule has 0 aliphatic heterocycles. The summed E-state index contributed by atoms with van der Waals surface area (Å²) in [5.74, 6) is 0. The quantitative estimate of drug-likeness (QED) is 0.481. The Balaban J connectivity index is 1.54. The van der Waals surface area contributed by atoms with Crippen molar-refractivity contribution in [2.75, 3.05) is 5.32 Å². The zero-order chi connectivity index (χ0) is 16.2. The maximum Gasteiger partial charge on any atom is 0.0415 e. The van der Waals surface area contributed by atoms with E-state index in [0.29, 0.717) is 0 Å². The van der Waals surface area contributed by atoms with Crippen molar-refractivity contribution >= 4 is 22.7 Å². The summed E-state index contributed by atoms with van der Waals surface area (Å²) in [5, 5.41) is 3.38. The van der Waals surface area contributed by atoms with Gasteiger partial charge in [0.2, 0.25) is 0 Å². The molecule has 0 saturated heterocycles. The van der Waals surface area contributed by atoms with Crippen LogP contribution >= 0.6 is 11.3 Å². The van der Waals surface area contributed by atoms with E-state index in [1.165, 1.54) is 20.9 Å². The number of thiophene rings is 1. The van der Waals surface area contributed by atoms with E-state index < -0.39 is 0 Å². The van der Waals surface area contributed by atoms with Crippen molar-refractivity contribution in [1.82, 2.24) is 4.98 Å². The molecular formula is C21H16N2S. The topological polar surface area (TPSA) is 24.9 Å². The first kappa shape index (κ1) is 14.7. The van der Waals surface area contributed by atoms with Crippen LogP contribution < -0.4 is 5.32 Å². The van der Waals surface area contributed by atoms with Gasteiger partial charge in [0.05, 0.1) is 0 Å². The van der Waals surface area contributed by atoms with E-state index in [-0.39, 0.29) is 0 Å². The number of pyridine rings is 1. The second-order valence-electron chi connectivity index (χ2n) is 5.47. The third-order valence-electron chi connectivity index (χ3n) is 3.80. The molecule has 0 radical (unpaired) electrons. The zero-order valence-corrected chi connectivity index (χ0v) is 13.8. The molecule has 0 atom stereocenters. The summed E-state index contributed by atoms with van der Waals surface area (Å²) in [6.45, 7) is 0. The molecule has 0 fully saturated rings. The molecule has 0 amide bonds. The Morgan fingerprint density at radius 3 is 1.83 bits per heavy atom. The molecule has 0 spiro atoms. The molecule has 3 heteroatoms. The fraction of sp³-hybridized carbons (Fsp3) is 0. The smallest absolute Gasteiger partial charge is 0.0415 e. The number of hydrogen-bond acceptors (Lipinski definition) is 3. The number of nitrogens with one attached hydrogen (secondary N) is 1. The van der Waals surface area contributed by atoms with Crippen molar-refractivity contribution < 1.29 is 0 Å². The van der Waals surface area contributed by atoms with Crippen LogP contribution in [0, 0.1) is 0 Å². The summed E-state index contributed by atoms with van der Waals surface area (Å²) in [7, 11) is 0. The number of aromatic nitrogens is 1. The Morgan fingerprint density at radius 1 is 0.583 bits per heavy atom. The molecule has 0 unspecified atom stereocenters. The van der Waals surface area contributed by atoms with Crippen LogP contribution in [0.3, 0.4) is 0 Å². The maximum absolute atomic E-state index is 4.03. The van der Waals surface area contributed by atoms with Gasteiger partial charge in [0.25, 0.3) is 0 Å². The van der Waals surface area contributed by atoms with Crippen LogP contribution in [-0.2, 0) is 0 Å². The highest BCUT2D eigenvalue weighted by Gasteiger charge is 2.05. The first-order chi connectivity index (χ1) is 11.9. The van der Waals surface area contributed by atoms with Gasteiger partial charge >= 0.3 is 0 Å². The fourth-order valence-corrected chi connectivity index (χ4v) is 3.59. The summed E-state index contributed by atoms with van der Waals surface area (Å²) in [6, 6.07) is 27.3. The average molecular weight is 328 g/mol.